The predicted molar refractivity (Wildman–Crippen MR) is 76.6 cm³/mol. The molecule has 0 saturated heterocycles. The summed E-state index contributed by atoms with van der Waals surface area (Å²) in [6, 6.07) is 0. The Bertz CT molecular complexity index is 451. The lowest BCUT2D eigenvalue weighted by atomic mass is 10.0. The van der Waals surface area contributed by atoms with Crippen LogP contribution in [0.15, 0.2) is 0 Å². The number of alkyl carbamates (subject to hydrolysis) is 1. The number of hydrogen-bond acceptors (Lipinski definition) is 4. The first-order chi connectivity index (χ1) is 9.98. The summed E-state index contributed by atoms with van der Waals surface area (Å²) in [7, 11) is 1.36. The van der Waals surface area contributed by atoms with E-state index in [0.717, 1.165) is 19.3 Å². The van der Waals surface area contributed by atoms with Crippen molar-refractivity contribution in [2.24, 2.45) is 17.8 Å². The van der Waals surface area contributed by atoms with Gasteiger partial charge in [0.15, 0.2) is 0 Å². The van der Waals surface area contributed by atoms with Crippen molar-refractivity contribution in [1.29, 1.82) is 0 Å². The van der Waals surface area contributed by atoms with Crippen LogP contribution < -0.4 is 5.32 Å². The van der Waals surface area contributed by atoms with E-state index in [1.165, 1.54) is 20.0 Å². The number of fused-ring (bicyclic) bond motifs is 1. The van der Waals surface area contributed by atoms with Crippen molar-refractivity contribution in [3.05, 3.63) is 0 Å². The molecule has 3 rings (SSSR count). The Kier molecular flexibility index (Phi) is 3.41. The van der Waals surface area contributed by atoms with E-state index in [2.05, 4.69) is 5.32 Å². The third-order valence-corrected chi connectivity index (χ3v) is 5.91. The molecule has 0 aromatic rings. The molecule has 0 aromatic carbocycles. The van der Waals surface area contributed by atoms with Crippen LogP contribution in [0.5, 0.6) is 0 Å². The number of ether oxygens (including phenoxy) is 2. The zero-order valence-electron chi connectivity index (χ0n) is 13.1. The maximum Gasteiger partial charge on any atom is 0.408 e. The molecule has 118 valence electrons. The summed E-state index contributed by atoms with van der Waals surface area (Å²) in [4.78, 5) is 24.2. The highest BCUT2D eigenvalue weighted by Gasteiger charge is 2.66. The molecule has 4 atom stereocenters. The van der Waals surface area contributed by atoms with Gasteiger partial charge in [-0.25, -0.2) is 9.59 Å². The van der Waals surface area contributed by atoms with Crippen molar-refractivity contribution in [3.63, 3.8) is 0 Å². The molecule has 5 nitrogen and oxygen atoms in total. The van der Waals surface area contributed by atoms with Crippen LogP contribution in [0, 0.1) is 17.8 Å². The Balaban J connectivity index is 1.60. The Morgan fingerprint density at radius 2 is 1.86 bits per heavy atom. The molecule has 0 radical (unpaired) electrons. The predicted octanol–water partition coefficient (Wildman–Crippen LogP) is 2.63. The van der Waals surface area contributed by atoms with Gasteiger partial charge in [-0.2, -0.15) is 0 Å². The lowest BCUT2D eigenvalue weighted by Gasteiger charge is -2.20. The van der Waals surface area contributed by atoms with Crippen molar-refractivity contribution >= 4 is 12.1 Å². The number of rotatable bonds is 4. The van der Waals surface area contributed by atoms with Gasteiger partial charge in [0.05, 0.1) is 7.11 Å². The lowest BCUT2D eigenvalue weighted by molar-refractivity contribution is -0.144. The second-order valence-corrected chi connectivity index (χ2v) is 6.97. The van der Waals surface area contributed by atoms with Gasteiger partial charge in [-0.05, 0) is 32.1 Å². The molecule has 1 amide bonds. The number of amides is 1. The van der Waals surface area contributed by atoms with E-state index in [9.17, 15) is 9.59 Å². The summed E-state index contributed by atoms with van der Waals surface area (Å²) >= 11 is 0. The molecule has 0 aromatic heterocycles. The first-order valence-electron chi connectivity index (χ1n) is 8.07. The van der Waals surface area contributed by atoms with Crippen molar-refractivity contribution in [2.45, 2.75) is 63.5 Å². The van der Waals surface area contributed by atoms with Crippen LogP contribution in [0.1, 0.15) is 52.4 Å². The maximum atomic E-state index is 12.2. The summed E-state index contributed by atoms with van der Waals surface area (Å²) in [5.74, 6) is 0.816. The first-order valence-corrected chi connectivity index (χ1v) is 8.07. The fourth-order valence-electron chi connectivity index (χ4n) is 4.39. The third-order valence-electron chi connectivity index (χ3n) is 5.91. The molecule has 1 N–H and O–H groups in total. The molecule has 3 aliphatic rings. The summed E-state index contributed by atoms with van der Waals surface area (Å²) in [6.07, 6.45) is 5.78. The second-order valence-electron chi connectivity index (χ2n) is 6.97. The van der Waals surface area contributed by atoms with Gasteiger partial charge in [0.2, 0.25) is 0 Å². The number of esters is 1. The quantitative estimate of drug-likeness (QED) is 0.810. The molecule has 2 unspecified atom stereocenters. The van der Waals surface area contributed by atoms with E-state index in [0.29, 0.717) is 18.3 Å². The van der Waals surface area contributed by atoms with Crippen LogP contribution in [-0.4, -0.2) is 30.3 Å². The van der Waals surface area contributed by atoms with Gasteiger partial charge in [-0.3, -0.25) is 0 Å². The molecule has 5 heteroatoms. The molecule has 0 bridgehead atoms. The van der Waals surface area contributed by atoms with Gasteiger partial charge >= 0.3 is 12.1 Å². The normalized spacial score (nSPS) is 43.5. The Labute approximate surface area is 125 Å². The molecule has 0 aliphatic heterocycles. The molecule has 0 spiro atoms. The zero-order chi connectivity index (χ0) is 15.3. The molecule has 21 heavy (non-hydrogen) atoms. The van der Waals surface area contributed by atoms with Gasteiger partial charge < -0.3 is 14.8 Å². The maximum absolute atomic E-state index is 12.2. The van der Waals surface area contributed by atoms with E-state index in [1.807, 2.05) is 13.8 Å². The van der Waals surface area contributed by atoms with Gasteiger partial charge in [-0.15, -0.1) is 0 Å². The molecule has 3 aliphatic carbocycles. The van der Waals surface area contributed by atoms with Crippen molar-refractivity contribution in [1.82, 2.24) is 5.32 Å². The average Bonchev–Trinajstić information content (AvgIpc) is 3.34. The minimum absolute atomic E-state index is 0.159. The van der Waals surface area contributed by atoms with Gasteiger partial charge in [-0.1, -0.05) is 26.2 Å². The number of hydrogen-bond donors (Lipinski definition) is 1. The number of carbonyl (C=O) groups excluding carboxylic acids is 2. The largest absolute Gasteiger partial charge is 0.467 e. The Hall–Kier alpha value is -1.26. The summed E-state index contributed by atoms with van der Waals surface area (Å²) in [5, 5.41) is 2.79. The van der Waals surface area contributed by atoms with E-state index < -0.39 is 11.6 Å². The highest BCUT2D eigenvalue weighted by molar-refractivity contribution is 5.89. The van der Waals surface area contributed by atoms with E-state index in [1.54, 1.807) is 0 Å². The highest BCUT2D eigenvalue weighted by atomic mass is 16.6. The number of carbonyl (C=O) groups is 2. The average molecular weight is 295 g/mol. The van der Waals surface area contributed by atoms with Crippen LogP contribution in [-0.2, 0) is 14.3 Å². The van der Waals surface area contributed by atoms with Crippen molar-refractivity contribution < 1.29 is 19.1 Å². The standard InChI is InChI=1S/C16H25NO4/c1-4-10-9-16(10,13(18)20-3)17-14(19)21-15(2)11-7-5-6-8-12(11)15/h10-12H,4-9H2,1-3H3,(H,17,19)/t10-,11?,12?,15?,16+/m0/s1. The lowest BCUT2D eigenvalue weighted by Crippen LogP contribution is -2.47. The minimum atomic E-state index is -0.850. The van der Waals surface area contributed by atoms with E-state index in [4.69, 9.17) is 9.47 Å². The van der Waals surface area contributed by atoms with Gasteiger partial charge in [0.1, 0.15) is 11.1 Å². The van der Waals surface area contributed by atoms with Crippen LogP contribution >= 0.6 is 0 Å². The van der Waals surface area contributed by atoms with Crippen LogP contribution in [0.25, 0.3) is 0 Å². The number of nitrogens with one attached hydrogen (secondary N) is 1. The smallest absolute Gasteiger partial charge is 0.408 e. The number of methoxy groups -OCH3 is 1. The van der Waals surface area contributed by atoms with Crippen molar-refractivity contribution in [2.75, 3.05) is 7.11 Å². The summed E-state index contributed by atoms with van der Waals surface area (Å²) in [5.41, 5.74) is -1.18. The highest BCUT2D eigenvalue weighted by Crippen LogP contribution is 2.60. The topological polar surface area (TPSA) is 64.6 Å². The van der Waals surface area contributed by atoms with Crippen molar-refractivity contribution in [3.8, 4) is 0 Å². The van der Waals surface area contributed by atoms with E-state index >= 15 is 0 Å². The van der Waals surface area contributed by atoms with Crippen LogP contribution in [0.2, 0.25) is 0 Å². The monoisotopic (exact) mass is 295 g/mol. The zero-order valence-corrected chi connectivity index (χ0v) is 13.1. The Morgan fingerprint density at radius 3 is 2.33 bits per heavy atom. The molecule has 3 saturated carbocycles. The molecular weight excluding hydrogens is 270 g/mol. The second kappa shape index (κ2) is 4.89. The molecule has 3 fully saturated rings. The fourth-order valence-corrected chi connectivity index (χ4v) is 4.39. The molecular formula is C16H25NO4. The summed E-state index contributed by atoms with van der Waals surface area (Å²) < 4.78 is 10.5. The van der Waals surface area contributed by atoms with Gasteiger partial charge in [0, 0.05) is 11.8 Å². The fraction of sp³-hybridized carbons (Fsp3) is 0.875. The molecule has 0 heterocycles. The summed E-state index contributed by atoms with van der Waals surface area (Å²) in [6.45, 7) is 4.04. The Morgan fingerprint density at radius 1 is 1.24 bits per heavy atom. The van der Waals surface area contributed by atoms with E-state index in [-0.39, 0.29) is 17.5 Å². The van der Waals surface area contributed by atoms with Crippen LogP contribution in [0.4, 0.5) is 4.79 Å². The third kappa shape index (κ3) is 2.21. The van der Waals surface area contributed by atoms with Gasteiger partial charge in [0.25, 0.3) is 0 Å². The SMILES string of the molecule is CC[C@H]1C[C@]1(NC(=O)OC1(C)C2CCCCC21)C(=O)OC. The first kappa shape index (κ1) is 14.7. The minimum Gasteiger partial charge on any atom is -0.467 e. The van der Waals surface area contributed by atoms with Crippen LogP contribution in [0.3, 0.4) is 0 Å².